The van der Waals surface area contributed by atoms with E-state index in [-0.39, 0.29) is 11.9 Å². The Bertz CT molecular complexity index is 379. The highest BCUT2D eigenvalue weighted by Crippen LogP contribution is 2.20. The summed E-state index contributed by atoms with van der Waals surface area (Å²) in [6.45, 7) is 0. The van der Waals surface area contributed by atoms with Gasteiger partial charge in [-0.2, -0.15) is 0 Å². The van der Waals surface area contributed by atoms with Crippen LogP contribution in [0.5, 0.6) is 0 Å². The Balaban J connectivity index is 1.99. The van der Waals surface area contributed by atoms with E-state index in [9.17, 15) is 9.59 Å². The molecule has 0 unspecified atom stereocenters. The summed E-state index contributed by atoms with van der Waals surface area (Å²) in [5.74, 6) is 0.270. The van der Waals surface area contributed by atoms with E-state index in [4.69, 9.17) is 0 Å². The normalized spacial score (nSPS) is 17.4. The molecule has 0 atom stereocenters. The molecule has 1 aromatic rings. The molecule has 5 heteroatoms. The Kier molecular flexibility index (Phi) is 3.33. The topological polar surface area (TPSA) is 50.3 Å². The summed E-state index contributed by atoms with van der Waals surface area (Å²) in [5, 5.41) is 1.76. The molecule has 0 N–H and O–H groups in total. The molecule has 16 heavy (non-hydrogen) atoms. The number of hydrogen-bond acceptors (Lipinski definition) is 4. The van der Waals surface area contributed by atoms with Gasteiger partial charge in [0, 0.05) is 31.3 Å². The smallest absolute Gasteiger partial charge is 0.273 e. The van der Waals surface area contributed by atoms with Crippen LogP contribution in [0.3, 0.4) is 0 Å². The number of hydrogen-bond donors (Lipinski definition) is 0. The number of ketones is 1. The van der Waals surface area contributed by atoms with Crippen LogP contribution in [0, 0.1) is 0 Å². The number of carbonyl (C=O) groups excluding carboxylic acids is 2. The Morgan fingerprint density at radius 1 is 1.50 bits per heavy atom. The van der Waals surface area contributed by atoms with Gasteiger partial charge in [0.1, 0.15) is 11.5 Å². The summed E-state index contributed by atoms with van der Waals surface area (Å²) in [4.78, 5) is 28.8. The first kappa shape index (κ1) is 11.3. The second kappa shape index (κ2) is 4.74. The summed E-state index contributed by atoms with van der Waals surface area (Å²) in [6.07, 6.45) is 2.76. The highest BCUT2D eigenvalue weighted by Gasteiger charge is 2.26. The van der Waals surface area contributed by atoms with Gasteiger partial charge in [-0.25, -0.2) is 4.98 Å². The fraction of sp³-hybridized carbons (Fsp3) is 0.545. The van der Waals surface area contributed by atoms with Gasteiger partial charge in [-0.1, -0.05) is 0 Å². The van der Waals surface area contributed by atoms with E-state index in [0.29, 0.717) is 24.3 Å². The van der Waals surface area contributed by atoms with Crippen LogP contribution in [0.4, 0.5) is 0 Å². The first-order valence-corrected chi connectivity index (χ1v) is 6.30. The highest BCUT2D eigenvalue weighted by molar-refractivity contribution is 7.07. The van der Waals surface area contributed by atoms with Gasteiger partial charge in [0.15, 0.2) is 0 Å². The molecule has 2 rings (SSSR count). The Hall–Kier alpha value is -1.23. The molecule has 1 heterocycles. The van der Waals surface area contributed by atoms with E-state index in [2.05, 4.69) is 4.98 Å². The van der Waals surface area contributed by atoms with Crippen molar-refractivity contribution < 1.29 is 9.59 Å². The van der Waals surface area contributed by atoms with Crippen molar-refractivity contribution in [3.05, 3.63) is 16.6 Å². The summed E-state index contributed by atoms with van der Waals surface area (Å²) in [7, 11) is 1.79. The fourth-order valence-corrected chi connectivity index (χ4v) is 2.50. The predicted octanol–water partition coefficient (Wildman–Crippen LogP) is 1.73. The molecular weight excluding hydrogens is 224 g/mol. The zero-order valence-electron chi connectivity index (χ0n) is 9.18. The average molecular weight is 238 g/mol. The SMILES string of the molecule is CN(C(=O)c1cscn1)C1CCC(=O)CC1. The Morgan fingerprint density at radius 3 is 2.75 bits per heavy atom. The van der Waals surface area contributed by atoms with Crippen molar-refractivity contribution in [3.63, 3.8) is 0 Å². The standard InChI is InChI=1S/C11H14N2O2S/c1-13(8-2-4-9(14)5-3-8)11(15)10-6-16-7-12-10/h6-8H,2-5H2,1H3. The molecule has 4 nitrogen and oxygen atoms in total. The third-order valence-corrected chi connectivity index (χ3v) is 3.62. The second-order valence-corrected chi connectivity index (χ2v) is 4.78. The number of thiazole rings is 1. The first-order valence-electron chi connectivity index (χ1n) is 5.35. The predicted molar refractivity (Wildman–Crippen MR) is 61.5 cm³/mol. The number of rotatable bonds is 2. The lowest BCUT2D eigenvalue weighted by atomic mass is 9.93. The van der Waals surface area contributed by atoms with E-state index in [1.807, 2.05) is 0 Å². The van der Waals surface area contributed by atoms with Crippen molar-refractivity contribution in [2.45, 2.75) is 31.7 Å². The molecule has 1 aliphatic carbocycles. The molecule has 0 bridgehead atoms. The van der Waals surface area contributed by atoms with Crippen LogP contribution in [0.25, 0.3) is 0 Å². The number of Topliss-reactive ketones (excluding diaryl/α,β-unsaturated/α-hetero) is 1. The van der Waals surface area contributed by atoms with Crippen molar-refractivity contribution in [1.82, 2.24) is 9.88 Å². The van der Waals surface area contributed by atoms with Gasteiger partial charge in [-0.3, -0.25) is 9.59 Å². The molecule has 1 aromatic heterocycles. The van der Waals surface area contributed by atoms with Crippen molar-refractivity contribution in [3.8, 4) is 0 Å². The van der Waals surface area contributed by atoms with Gasteiger partial charge in [0.05, 0.1) is 5.51 Å². The van der Waals surface area contributed by atoms with E-state index in [1.54, 1.807) is 22.8 Å². The highest BCUT2D eigenvalue weighted by atomic mass is 32.1. The van der Waals surface area contributed by atoms with Crippen LogP contribution < -0.4 is 0 Å². The summed E-state index contributed by atoms with van der Waals surface area (Å²) in [6, 6.07) is 0.187. The van der Waals surface area contributed by atoms with Crippen LogP contribution >= 0.6 is 11.3 Å². The Morgan fingerprint density at radius 2 is 2.19 bits per heavy atom. The number of amides is 1. The maximum atomic E-state index is 12.0. The fourth-order valence-electron chi connectivity index (χ4n) is 1.98. The summed E-state index contributed by atoms with van der Waals surface area (Å²) < 4.78 is 0. The van der Waals surface area contributed by atoms with E-state index < -0.39 is 0 Å². The third kappa shape index (κ3) is 2.29. The van der Waals surface area contributed by atoms with Gasteiger partial charge in [-0.15, -0.1) is 11.3 Å². The molecule has 1 saturated carbocycles. The molecular formula is C11H14N2O2S. The maximum Gasteiger partial charge on any atom is 0.273 e. The minimum atomic E-state index is -0.0411. The number of aromatic nitrogens is 1. The minimum absolute atomic E-state index is 0.0411. The second-order valence-electron chi connectivity index (χ2n) is 4.06. The van der Waals surface area contributed by atoms with Crippen molar-refractivity contribution in [1.29, 1.82) is 0 Å². The monoisotopic (exact) mass is 238 g/mol. The van der Waals surface area contributed by atoms with E-state index >= 15 is 0 Å². The Labute approximate surface area is 98.3 Å². The van der Waals surface area contributed by atoms with Gasteiger partial charge < -0.3 is 4.90 Å². The quantitative estimate of drug-likeness (QED) is 0.788. The molecule has 0 spiro atoms. The molecule has 1 fully saturated rings. The first-order chi connectivity index (χ1) is 7.68. The zero-order chi connectivity index (χ0) is 11.5. The van der Waals surface area contributed by atoms with Crippen molar-refractivity contribution >= 4 is 23.0 Å². The molecule has 0 aromatic carbocycles. The zero-order valence-corrected chi connectivity index (χ0v) is 10.00. The van der Waals surface area contributed by atoms with Crippen molar-refractivity contribution in [2.75, 3.05) is 7.05 Å². The van der Waals surface area contributed by atoms with Crippen LogP contribution in [-0.2, 0) is 4.79 Å². The van der Waals surface area contributed by atoms with Crippen LogP contribution in [0.1, 0.15) is 36.2 Å². The van der Waals surface area contributed by atoms with E-state index in [0.717, 1.165) is 12.8 Å². The number of nitrogens with zero attached hydrogens (tertiary/aromatic N) is 2. The van der Waals surface area contributed by atoms with Crippen LogP contribution in [0.2, 0.25) is 0 Å². The molecule has 1 amide bonds. The van der Waals surface area contributed by atoms with Crippen LogP contribution in [0.15, 0.2) is 10.9 Å². The molecule has 0 saturated heterocycles. The molecule has 0 aliphatic heterocycles. The maximum absolute atomic E-state index is 12.0. The van der Waals surface area contributed by atoms with Gasteiger partial charge in [0.25, 0.3) is 5.91 Å². The lowest BCUT2D eigenvalue weighted by Crippen LogP contribution is -2.39. The van der Waals surface area contributed by atoms with Gasteiger partial charge >= 0.3 is 0 Å². The van der Waals surface area contributed by atoms with Gasteiger partial charge in [-0.05, 0) is 12.8 Å². The average Bonchev–Trinajstić information content (AvgIpc) is 2.81. The molecule has 86 valence electrons. The van der Waals surface area contributed by atoms with E-state index in [1.165, 1.54) is 11.3 Å². The van der Waals surface area contributed by atoms with Crippen molar-refractivity contribution in [2.24, 2.45) is 0 Å². The van der Waals surface area contributed by atoms with Gasteiger partial charge in [0.2, 0.25) is 0 Å². The lowest BCUT2D eigenvalue weighted by molar-refractivity contribution is -0.121. The minimum Gasteiger partial charge on any atom is -0.337 e. The molecule has 1 aliphatic rings. The lowest BCUT2D eigenvalue weighted by Gasteiger charge is -2.30. The largest absolute Gasteiger partial charge is 0.337 e. The summed E-state index contributed by atoms with van der Waals surface area (Å²) >= 11 is 1.42. The van der Waals surface area contributed by atoms with Crippen LogP contribution in [-0.4, -0.2) is 34.7 Å². The molecule has 0 radical (unpaired) electrons. The third-order valence-electron chi connectivity index (χ3n) is 3.03. The summed E-state index contributed by atoms with van der Waals surface area (Å²) in [5.41, 5.74) is 2.16. The number of carbonyl (C=O) groups is 2.